The summed E-state index contributed by atoms with van der Waals surface area (Å²) in [6.45, 7) is 8.78. The van der Waals surface area contributed by atoms with Crippen LogP contribution in [0.2, 0.25) is 0 Å². The van der Waals surface area contributed by atoms with Crippen molar-refractivity contribution < 1.29 is 9.53 Å². The van der Waals surface area contributed by atoms with Gasteiger partial charge in [-0.1, -0.05) is 80.1 Å². The van der Waals surface area contributed by atoms with Gasteiger partial charge in [0.15, 0.2) is 0 Å². The van der Waals surface area contributed by atoms with Crippen molar-refractivity contribution in [1.29, 1.82) is 0 Å². The van der Waals surface area contributed by atoms with Crippen LogP contribution in [0.1, 0.15) is 44.4 Å². The van der Waals surface area contributed by atoms with Gasteiger partial charge in [0.05, 0.1) is 5.92 Å². The molecule has 2 aromatic rings. The lowest BCUT2D eigenvalue weighted by Gasteiger charge is -2.08. The number of esters is 1. The molecular formula is C24H28O2. The second kappa shape index (κ2) is 7.49. The molecule has 0 spiro atoms. The van der Waals surface area contributed by atoms with Crippen LogP contribution in [-0.4, -0.2) is 5.97 Å². The number of hydrogen-bond acceptors (Lipinski definition) is 2. The lowest BCUT2D eigenvalue weighted by molar-refractivity contribution is -0.147. The zero-order valence-electron chi connectivity index (χ0n) is 16.2. The maximum atomic E-state index is 12.5. The lowest BCUT2D eigenvalue weighted by atomic mass is 10.0. The molecule has 0 heterocycles. The number of carbonyl (C=O) groups is 1. The Bertz CT molecular complexity index is 798. The summed E-state index contributed by atoms with van der Waals surface area (Å²) in [7, 11) is 0. The van der Waals surface area contributed by atoms with Gasteiger partial charge in [-0.25, -0.2) is 0 Å². The Hall–Kier alpha value is -2.35. The maximum Gasteiger partial charge on any atom is 0.310 e. The van der Waals surface area contributed by atoms with E-state index in [1.54, 1.807) is 0 Å². The molecule has 0 N–H and O–H groups in total. The fourth-order valence-corrected chi connectivity index (χ4v) is 3.70. The van der Waals surface area contributed by atoms with Crippen molar-refractivity contribution >= 4 is 5.97 Å². The lowest BCUT2D eigenvalue weighted by Crippen LogP contribution is -2.10. The molecule has 2 aromatic carbocycles. The van der Waals surface area contributed by atoms with Crippen LogP contribution in [0.5, 0.6) is 0 Å². The molecule has 1 saturated carbocycles. The molecule has 1 aliphatic carbocycles. The van der Waals surface area contributed by atoms with Crippen LogP contribution in [0.3, 0.4) is 0 Å². The Kier molecular flexibility index (Phi) is 5.31. The average molecular weight is 348 g/mol. The third-order valence-corrected chi connectivity index (χ3v) is 5.30. The molecule has 0 amide bonds. The molecule has 0 bridgehead atoms. The molecule has 1 fully saturated rings. The number of hydrogen-bond donors (Lipinski definition) is 0. The Balaban J connectivity index is 1.59. The van der Waals surface area contributed by atoms with Crippen molar-refractivity contribution in [3.05, 3.63) is 82.9 Å². The van der Waals surface area contributed by atoms with E-state index >= 15 is 0 Å². The van der Waals surface area contributed by atoms with Gasteiger partial charge in [-0.05, 0) is 48.3 Å². The van der Waals surface area contributed by atoms with E-state index in [-0.39, 0.29) is 17.3 Å². The van der Waals surface area contributed by atoms with Crippen molar-refractivity contribution in [2.24, 2.45) is 17.3 Å². The quantitative estimate of drug-likeness (QED) is 0.505. The van der Waals surface area contributed by atoms with E-state index in [0.717, 1.165) is 12.0 Å². The second-order valence-corrected chi connectivity index (χ2v) is 8.16. The zero-order valence-corrected chi connectivity index (χ0v) is 16.2. The summed E-state index contributed by atoms with van der Waals surface area (Å²) in [6.07, 6.45) is 3.09. The fraction of sp³-hybridized carbons (Fsp3) is 0.375. The molecule has 3 rings (SSSR count). The Morgan fingerprint density at radius 2 is 1.65 bits per heavy atom. The van der Waals surface area contributed by atoms with Crippen LogP contribution < -0.4 is 0 Å². The van der Waals surface area contributed by atoms with E-state index in [1.807, 2.05) is 18.2 Å². The van der Waals surface area contributed by atoms with E-state index < -0.39 is 0 Å². The Morgan fingerprint density at radius 3 is 2.35 bits per heavy atom. The Labute approximate surface area is 156 Å². The number of rotatable bonds is 6. The van der Waals surface area contributed by atoms with E-state index in [0.29, 0.717) is 12.5 Å². The summed E-state index contributed by atoms with van der Waals surface area (Å²) in [5, 5.41) is 0. The van der Waals surface area contributed by atoms with Gasteiger partial charge in [-0.2, -0.15) is 0 Å². The molecule has 2 nitrogen and oxygen atoms in total. The SMILES string of the molecule is CC(C)=CC1[C@H](C(=O)OCc2cccc(Cc3ccccc3)c2)C1(C)C. The zero-order chi connectivity index (χ0) is 18.7. The summed E-state index contributed by atoms with van der Waals surface area (Å²) in [4.78, 5) is 12.5. The number of benzene rings is 2. The topological polar surface area (TPSA) is 26.3 Å². The predicted molar refractivity (Wildman–Crippen MR) is 106 cm³/mol. The van der Waals surface area contributed by atoms with Crippen LogP contribution in [0.4, 0.5) is 0 Å². The van der Waals surface area contributed by atoms with Crippen LogP contribution >= 0.6 is 0 Å². The van der Waals surface area contributed by atoms with E-state index in [9.17, 15) is 4.79 Å². The summed E-state index contributed by atoms with van der Waals surface area (Å²) in [6, 6.07) is 18.7. The van der Waals surface area contributed by atoms with Gasteiger partial charge in [-0.3, -0.25) is 4.79 Å². The minimum absolute atomic E-state index is 0.00348. The first kappa shape index (κ1) is 18.4. The first-order valence-electron chi connectivity index (χ1n) is 9.31. The summed E-state index contributed by atoms with van der Waals surface area (Å²) >= 11 is 0. The van der Waals surface area contributed by atoms with Crippen LogP contribution in [0.25, 0.3) is 0 Å². The molecule has 136 valence electrons. The Morgan fingerprint density at radius 1 is 1.00 bits per heavy atom. The van der Waals surface area contributed by atoms with E-state index in [1.165, 1.54) is 16.7 Å². The molecule has 0 aromatic heterocycles. The highest BCUT2D eigenvalue weighted by Gasteiger charge is 2.61. The average Bonchev–Trinajstić information content (AvgIpc) is 3.13. The second-order valence-electron chi connectivity index (χ2n) is 8.16. The standard InChI is InChI=1S/C24H28O2/c1-17(2)13-21-22(24(21,3)4)23(25)26-16-20-12-8-11-19(15-20)14-18-9-6-5-7-10-18/h5-13,15,21-22H,14,16H2,1-4H3/t21?,22-/m1/s1. The summed E-state index contributed by atoms with van der Waals surface area (Å²) in [5.74, 6) is 0.195. The summed E-state index contributed by atoms with van der Waals surface area (Å²) < 4.78 is 5.64. The first-order chi connectivity index (χ1) is 12.4. The number of allylic oxidation sites excluding steroid dienone is 2. The highest BCUT2D eigenvalue weighted by molar-refractivity contribution is 5.78. The van der Waals surface area contributed by atoms with Gasteiger partial charge < -0.3 is 4.74 Å². The smallest absolute Gasteiger partial charge is 0.310 e. The largest absolute Gasteiger partial charge is 0.461 e. The third kappa shape index (κ3) is 4.24. The third-order valence-electron chi connectivity index (χ3n) is 5.30. The van der Waals surface area contributed by atoms with Gasteiger partial charge in [0.2, 0.25) is 0 Å². The maximum absolute atomic E-state index is 12.5. The highest BCUT2D eigenvalue weighted by atomic mass is 16.5. The van der Waals surface area contributed by atoms with Crippen LogP contribution in [-0.2, 0) is 22.6 Å². The number of carbonyl (C=O) groups excluding carboxylic acids is 1. The van der Waals surface area contributed by atoms with Crippen molar-refractivity contribution in [3.63, 3.8) is 0 Å². The van der Waals surface area contributed by atoms with Crippen LogP contribution in [0.15, 0.2) is 66.2 Å². The van der Waals surface area contributed by atoms with Crippen LogP contribution in [0, 0.1) is 17.3 Å². The minimum atomic E-state index is -0.0778. The molecule has 2 atom stereocenters. The fourth-order valence-electron chi connectivity index (χ4n) is 3.70. The van der Waals surface area contributed by atoms with Crippen molar-refractivity contribution in [2.45, 2.75) is 40.7 Å². The number of ether oxygens (including phenoxy) is 1. The molecule has 1 unspecified atom stereocenters. The first-order valence-corrected chi connectivity index (χ1v) is 9.31. The van der Waals surface area contributed by atoms with Crippen molar-refractivity contribution in [2.75, 3.05) is 0 Å². The van der Waals surface area contributed by atoms with E-state index in [2.05, 4.69) is 70.2 Å². The molecule has 1 aliphatic rings. The van der Waals surface area contributed by atoms with Gasteiger partial charge in [0.25, 0.3) is 0 Å². The highest BCUT2D eigenvalue weighted by Crippen LogP contribution is 2.59. The molecule has 26 heavy (non-hydrogen) atoms. The molecule has 0 saturated heterocycles. The van der Waals surface area contributed by atoms with Crippen molar-refractivity contribution in [3.8, 4) is 0 Å². The van der Waals surface area contributed by atoms with Gasteiger partial charge >= 0.3 is 5.97 Å². The molecular weight excluding hydrogens is 320 g/mol. The monoisotopic (exact) mass is 348 g/mol. The van der Waals surface area contributed by atoms with Gasteiger partial charge in [0, 0.05) is 0 Å². The molecule has 2 heteroatoms. The minimum Gasteiger partial charge on any atom is -0.461 e. The summed E-state index contributed by atoms with van der Waals surface area (Å²) in [5.41, 5.74) is 4.82. The van der Waals surface area contributed by atoms with Gasteiger partial charge in [0.1, 0.15) is 6.61 Å². The van der Waals surface area contributed by atoms with E-state index in [4.69, 9.17) is 4.74 Å². The normalized spacial score (nSPS) is 20.3. The molecule has 0 radical (unpaired) electrons. The van der Waals surface area contributed by atoms with Gasteiger partial charge in [-0.15, -0.1) is 0 Å². The molecule has 0 aliphatic heterocycles. The van der Waals surface area contributed by atoms with Crippen molar-refractivity contribution in [1.82, 2.24) is 0 Å². The predicted octanol–water partition coefficient (Wildman–Crippen LogP) is 5.56.